The molecule has 2 aromatic heterocycles. The van der Waals surface area contributed by atoms with Gasteiger partial charge >= 0.3 is 0 Å². The predicted molar refractivity (Wildman–Crippen MR) is 123 cm³/mol. The average Bonchev–Trinajstić information content (AvgIpc) is 3.28. The first kappa shape index (κ1) is 22.2. The summed E-state index contributed by atoms with van der Waals surface area (Å²) in [7, 11) is -3.61. The molecule has 2 atom stereocenters. The number of carbonyl (C=O) groups excluding carboxylic acids is 1. The number of benzene rings is 1. The number of hydrogen-bond donors (Lipinski definition) is 0. The highest BCUT2D eigenvalue weighted by Crippen LogP contribution is 2.28. The number of aromatic nitrogens is 2. The van der Waals surface area contributed by atoms with Gasteiger partial charge in [0.25, 0.3) is 0 Å². The Kier molecular flexibility index (Phi) is 6.13. The summed E-state index contributed by atoms with van der Waals surface area (Å²) in [6.07, 6.45) is 1.47. The lowest BCUT2D eigenvalue weighted by Crippen LogP contribution is -2.58. The minimum atomic E-state index is -3.61. The minimum absolute atomic E-state index is 0.0122. The molecule has 0 aliphatic carbocycles. The highest BCUT2D eigenvalue weighted by molar-refractivity contribution is 7.91. The first-order valence-electron chi connectivity index (χ1n) is 10.3. The van der Waals surface area contributed by atoms with Crippen LogP contribution < -0.4 is 4.90 Å². The molecular formula is C22H23N5O3S2. The molecule has 1 aliphatic heterocycles. The van der Waals surface area contributed by atoms with E-state index in [1.807, 2.05) is 19.9 Å². The van der Waals surface area contributed by atoms with Crippen LogP contribution in [0, 0.1) is 11.3 Å². The highest BCUT2D eigenvalue weighted by Gasteiger charge is 2.33. The van der Waals surface area contributed by atoms with Gasteiger partial charge in [-0.2, -0.15) is 5.26 Å². The Bertz CT molecular complexity index is 1280. The predicted octanol–water partition coefficient (Wildman–Crippen LogP) is 2.85. The van der Waals surface area contributed by atoms with E-state index in [1.165, 1.54) is 11.3 Å². The van der Waals surface area contributed by atoms with Gasteiger partial charge in [0.2, 0.25) is 5.91 Å². The van der Waals surface area contributed by atoms with Crippen molar-refractivity contribution >= 4 is 43.1 Å². The fraction of sp³-hybridized carbons (Fsp3) is 0.364. The molecule has 1 aromatic carbocycles. The van der Waals surface area contributed by atoms with Crippen LogP contribution >= 0.6 is 11.3 Å². The summed E-state index contributed by atoms with van der Waals surface area (Å²) < 4.78 is 26.5. The molecule has 1 amide bonds. The molecule has 32 heavy (non-hydrogen) atoms. The number of sulfone groups is 1. The van der Waals surface area contributed by atoms with Crippen LogP contribution in [0.3, 0.4) is 0 Å². The van der Waals surface area contributed by atoms with E-state index in [-0.39, 0.29) is 35.1 Å². The lowest BCUT2D eigenvalue weighted by Gasteiger charge is -2.44. The lowest BCUT2D eigenvalue weighted by molar-refractivity contribution is -0.133. The zero-order valence-electron chi connectivity index (χ0n) is 17.8. The minimum Gasteiger partial charge on any atom is -0.350 e. The Morgan fingerprint density at radius 2 is 2.00 bits per heavy atom. The summed E-state index contributed by atoms with van der Waals surface area (Å²) in [6.45, 7) is 5.02. The maximum Gasteiger partial charge on any atom is 0.223 e. The summed E-state index contributed by atoms with van der Waals surface area (Å²) >= 11 is 1.29. The second kappa shape index (κ2) is 8.84. The summed E-state index contributed by atoms with van der Waals surface area (Å²) in [5, 5.41) is 8.96. The summed E-state index contributed by atoms with van der Waals surface area (Å²) in [5.74, 6) is 0.356. The molecule has 0 saturated carbocycles. The molecule has 0 bridgehead atoms. The highest BCUT2D eigenvalue weighted by atomic mass is 32.2. The average molecular weight is 470 g/mol. The van der Waals surface area contributed by atoms with E-state index < -0.39 is 9.84 Å². The van der Waals surface area contributed by atoms with E-state index in [0.717, 1.165) is 5.82 Å². The number of pyridine rings is 1. The zero-order valence-corrected chi connectivity index (χ0v) is 19.4. The number of anilines is 1. The summed E-state index contributed by atoms with van der Waals surface area (Å²) in [6, 6.07) is 10.6. The standard InChI is InChI=1S/C22H23N5O3S2/c1-15-13-27(16(2)12-26(15)20-7-6-17(10-23)11-24-20)21(28)8-9-32(29,30)19-5-3-4-18-22(19)31-14-25-18/h3-7,11,14-16H,8-9,12-13H2,1-2H3/t15-,16?/m1/s1. The van der Waals surface area contributed by atoms with Crippen LogP contribution in [-0.2, 0) is 14.6 Å². The van der Waals surface area contributed by atoms with Gasteiger partial charge in [0.15, 0.2) is 9.84 Å². The molecule has 166 valence electrons. The van der Waals surface area contributed by atoms with Crippen molar-refractivity contribution in [3.63, 3.8) is 0 Å². The van der Waals surface area contributed by atoms with Gasteiger partial charge < -0.3 is 9.80 Å². The van der Waals surface area contributed by atoms with Gasteiger partial charge in [-0.15, -0.1) is 11.3 Å². The second-order valence-corrected chi connectivity index (χ2v) is 10.9. The fourth-order valence-corrected chi connectivity index (χ4v) is 6.55. The smallest absolute Gasteiger partial charge is 0.223 e. The molecule has 1 fully saturated rings. The molecule has 3 heterocycles. The van der Waals surface area contributed by atoms with Crippen LogP contribution in [0.5, 0.6) is 0 Å². The Hall–Kier alpha value is -3.03. The van der Waals surface area contributed by atoms with Crippen molar-refractivity contribution in [1.82, 2.24) is 14.9 Å². The van der Waals surface area contributed by atoms with Crippen LogP contribution in [0.1, 0.15) is 25.8 Å². The zero-order chi connectivity index (χ0) is 22.9. The molecule has 10 heteroatoms. The Morgan fingerprint density at radius 3 is 2.72 bits per heavy atom. The first-order chi connectivity index (χ1) is 15.3. The Balaban J connectivity index is 1.43. The van der Waals surface area contributed by atoms with Gasteiger partial charge in [0.05, 0.1) is 31.9 Å². The molecule has 0 N–H and O–H groups in total. The van der Waals surface area contributed by atoms with E-state index >= 15 is 0 Å². The second-order valence-electron chi connectivity index (χ2n) is 7.94. The molecule has 0 spiro atoms. The molecular weight excluding hydrogens is 446 g/mol. The maximum absolute atomic E-state index is 13.0. The van der Waals surface area contributed by atoms with E-state index in [4.69, 9.17) is 5.26 Å². The normalized spacial score (nSPS) is 19.2. The lowest BCUT2D eigenvalue weighted by atomic mass is 10.1. The number of carbonyl (C=O) groups is 1. The third kappa shape index (κ3) is 4.31. The SMILES string of the molecule is CC1CN(c2ccc(C#N)cn2)[C@H](C)CN1C(=O)CCS(=O)(=O)c1cccc2ncsc12. The monoisotopic (exact) mass is 469 g/mol. The van der Waals surface area contributed by atoms with Gasteiger partial charge in [-0.25, -0.2) is 18.4 Å². The van der Waals surface area contributed by atoms with E-state index in [1.54, 1.807) is 40.9 Å². The number of rotatable bonds is 5. The molecule has 4 rings (SSSR count). The quantitative estimate of drug-likeness (QED) is 0.565. The largest absolute Gasteiger partial charge is 0.350 e. The van der Waals surface area contributed by atoms with E-state index in [0.29, 0.717) is 28.9 Å². The van der Waals surface area contributed by atoms with Crippen molar-refractivity contribution in [3.05, 3.63) is 47.6 Å². The van der Waals surface area contributed by atoms with E-state index in [9.17, 15) is 13.2 Å². The van der Waals surface area contributed by atoms with Crippen molar-refractivity contribution < 1.29 is 13.2 Å². The third-order valence-electron chi connectivity index (χ3n) is 5.72. The van der Waals surface area contributed by atoms with Gasteiger partial charge in [0, 0.05) is 37.8 Å². The van der Waals surface area contributed by atoms with Crippen molar-refractivity contribution in [2.75, 3.05) is 23.7 Å². The van der Waals surface area contributed by atoms with Gasteiger partial charge in [-0.05, 0) is 38.1 Å². The molecule has 3 aromatic rings. The van der Waals surface area contributed by atoms with Gasteiger partial charge in [0.1, 0.15) is 11.9 Å². The van der Waals surface area contributed by atoms with Crippen LogP contribution in [0.2, 0.25) is 0 Å². The number of piperazine rings is 1. The third-order valence-corrected chi connectivity index (χ3v) is 8.47. The van der Waals surface area contributed by atoms with E-state index in [2.05, 4.69) is 20.9 Å². The number of fused-ring (bicyclic) bond motifs is 1. The van der Waals surface area contributed by atoms with Crippen molar-refractivity contribution in [3.8, 4) is 6.07 Å². The Labute approximate surface area is 191 Å². The van der Waals surface area contributed by atoms with Gasteiger partial charge in [-0.1, -0.05) is 6.07 Å². The maximum atomic E-state index is 13.0. The fourth-order valence-electron chi connectivity index (χ4n) is 4.00. The molecule has 1 saturated heterocycles. The number of nitriles is 1. The van der Waals surface area contributed by atoms with Crippen LogP contribution in [-0.4, -0.2) is 60.1 Å². The van der Waals surface area contributed by atoms with Crippen molar-refractivity contribution in [1.29, 1.82) is 5.26 Å². The molecule has 1 aliphatic rings. The summed E-state index contributed by atoms with van der Waals surface area (Å²) in [5.41, 5.74) is 2.77. The van der Waals surface area contributed by atoms with Crippen molar-refractivity contribution in [2.45, 2.75) is 37.2 Å². The number of amides is 1. The number of hydrogen-bond acceptors (Lipinski definition) is 8. The topological polar surface area (TPSA) is 107 Å². The first-order valence-corrected chi connectivity index (χ1v) is 12.8. The van der Waals surface area contributed by atoms with Crippen LogP contribution in [0.25, 0.3) is 10.2 Å². The van der Waals surface area contributed by atoms with Crippen LogP contribution in [0.15, 0.2) is 46.9 Å². The molecule has 1 unspecified atom stereocenters. The molecule has 8 nitrogen and oxygen atoms in total. The molecule has 0 radical (unpaired) electrons. The van der Waals surface area contributed by atoms with Gasteiger partial charge in [-0.3, -0.25) is 4.79 Å². The van der Waals surface area contributed by atoms with Crippen molar-refractivity contribution in [2.24, 2.45) is 0 Å². The number of nitrogens with zero attached hydrogens (tertiary/aromatic N) is 5. The summed E-state index contributed by atoms with van der Waals surface area (Å²) in [4.78, 5) is 25.6. The van der Waals surface area contributed by atoms with Crippen LogP contribution in [0.4, 0.5) is 5.82 Å². The number of thiazole rings is 1. The Morgan fingerprint density at radius 1 is 1.19 bits per heavy atom.